The Morgan fingerprint density at radius 3 is 2.58 bits per heavy atom. The molecular formula is C16H21N3. The van der Waals surface area contributed by atoms with E-state index < -0.39 is 0 Å². The average Bonchev–Trinajstić information content (AvgIpc) is 2.46. The highest BCUT2D eigenvalue weighted by molar-refractivity contribution is 5.30. The van der Waals surface area contributed by atoms with Crippen LogP contribution in [0, 0.1) is 6.92 Å². The predicted molar refractivity (Wildman–Crippen MR) is 78.6 cm³/mol. The highest BCUT2D eigenvalue weighted by atomic mass is 15.2. The van der Waals surface area contributed by atoms with Crippen molar-refractivity contribution in [3.05, 3.63) is 65.0 Å². The second-order valence-corrected chi connectivity index (χ2v) is 4.79. The van der Waals surface area contributed by atoms with E-state index >= 15 is 0 Å². The second kappa shape index (κ2) is 6.45. The molecule has 2 aromatic rings. The van der Waals surface area contributed by atoms with Crippen LogP contribution in [0.3, 0.4) is 0 Å². The summed E-state index contributed by atoms with van der Waals surface area (Å²) >= 11 is 0. The molecule has 1 heterocycles. The van der Waals surface area contributed by atoms with E-state index in [0.29, 0.717) is 0 Å². The third kappa shape index (κ3) is 3.40. The molecule has 1 atom stereocenters. The second-order valence-electron chi connectivity index (χ2n) is 4.79. The van der Waals surface area contributed by atoms with Crippen molar-refractivity contribution in [1.82, 2.24) is 10.4 Å². The lowest BCUT2D eigenvalue weighted by molar-refractivity contribution is 0.543. The van der Waals surface area contributed by atoms with Crippen LogP contribution in [-0.4, -0.2) is 4.98 Å². The number of nitrogens with zero attached hydrogens (tertiary/aromatic N) is 1. The standard InChI is InChI=1S/C16H21N3/c1-3-13-8-9-14(18-11-13)10-16(19-17)15-7-5-4-6-12(15)2/h4-9,11,16,19H,3,10,17H2,1-2H3. The van der Waals surface area contributed by atoms with Gasteiger partial charge in [0, 0.05) is 18.3 Å². The van der Waals surface area contributed by atoms with Crippen molar-refractivity contribution in [2.75, 3.05) is 0 Å². The number of aryl methyl sites for hydroxylation is 2. The van der Waals surface area contributed by atoms with Crippen LogP contribution in [-0.2, 0) is 12.8 Å². The number of aromatic nitrogens is 1. The van der Waals surface area contributed by atoms with E-state index in [9.17, 15) is 0 Å². The molecule has 0 fully saturated rings. The Bertz CT molecular complexity index is 520. The van der Waals surface area contributed by atoms with Gasteiger partial charge in [0.15, 0.2) is 0 Å². The maximum absolute atomic E-state index is 5.70. The lowest BCUT2D eigenvalue weighted by atomic mass is 9.97. The molecule has 100 valence electrons. The number of hydrazine groups is 1. The normalized spacial score (nSPS) is 12.4. The zero-order valence-corrected chi connectivity index (χ0v) is 11.6. The van der Waals surface area contributed by atoms with Crippen LogP contribution in [0.25, 0.3) is 0 Å². The molecule has 3 heteroatoms. The summed E-state index contributed by atoms with van der Waals surface area (Å²) in [7, 11) is 0. The van der Waals surface area contributed by atoms with Gasteiger partial charge in [-0.1, -0.05) is 37.3 Å². The van der Waals surface area contributed by atoms with Gasteiger partial charge in [-0.15, -0.1) is 0 Å². The highest BCUT2D eigenvalue weighted by Crippen LogP contribution is 2.20. The quantitative estimate of drug-likeness (QED) is 0.638. The van der Waals surface area contributed by atoms with E-state index in [1.165, 1.54) is 16.7 Å². The molecule has 0 amide bonds. The van der Waals surface area contributed by atoms with Gasteiger partial charge in [0.25, 0.3) is 0 Å². The molecule has 0 bridgehead atoms. The van der Waals surface area contributed by atoms with Crippen LogP contribution in [0.4, 0.5) is 0 Å². The molecule has 3 N–H and O–H groups in total. The Morgan fingerprint density at radius 2 is 2.00 bits per heavy atom. The van der Waals surface area contributed by atoms with E-state index in [-0.39, 0.29) is 6.04 Å². The SMILES string of the molecule is CCc1ccc(CC(NN)c2ccccc2C)nc1. The van der Waals surface area contributed by atoms with Gasteiger partial charge >= 0.3 is 0 Å². The van der Waals surface area contributed by atoms with Gasteiger partial charge in [0.2, 0.25) is 0 Å². The summed E-state index contributed by atoms with van der Waals surface area (Å²) in [6.07, 6.45) is 3.76. The molecule has 0 saturated carbocycles. The van der Waals surface area contributed by atoms with E-state index in [1.54, 1.807) is 0 Å². The molecule has 2 rings (SSSR count). The van der Waals surface area contributed by atoms with Crippen LogP contribution < -0.4 is 11.3 Å². The van der Waals surface area contributed by atoms with Crippen LogP contribution in [0.2, 0.25) is 0 Å². The van der Waals surface area contributed by atoms with E-state index in [0.717, 1.165) is 18.5 Å². The smallest absolute Gasteiger partial charge is 0.0517 e. The predicted octanol–water partition coefficient (Wildman–Crippen LogP) is 2.70. The largest absolute Gasteiger partial charge is 0.271 e. The number of nitrogens with two attached hydrogens (primary N) is 1. The summed E-state index contributed by atoms with van der Waals surface area (Å²) in [6.45, 7) is 4.24. The Hall–Kier alpha value is -1.71. The summed E-state index contributed by atoms with van der Waals surface area (Å²) in [5.74, 6) is 5.70. The van der Waals surface area contributed by atoms with Crippen molar-refractivity contribution in [2.45, 2.75) is 32.7 Å². The number of pyridine rings is 1. The third-order valence-electron chi connectivity index (χ3n) is 3.47. The van der Waals surface area contributed by atoms with Gasteiger partial charge in [-0.05, 0) is 36.1 Å². The molecule has 1 unspecified atom stereocenters. The van der Waals surface area contributed by atoms with Crippen LogP contribution in [0.15, 0.2) is 42.6 Å². The van der Waals surface area contributed by atoms with Crippen LogP contribution in [0.5, 0.6) is 0 Å². The fourth-order valence-corrected chi connectivity index (χ4v) is 2.23. The van der Waals surface area contributed by atoms with E-state index in [1.807, 2.05) is 18.3 Å². The maximum Gasteiger partial charge on any atom is 0.0517 e. The van der Waals surface area contributed by atoms with Crippen LogP contribution in [0.1, 0.15) is 35.3 Å². The van der Waals surface area contributed by atoms with E-state index in [4.69, 9.17) is 5.84 Å². The number of hydrogen-bond donors (Lipinski definition) is 2. The minimum Gasteiger partial charge on any atom is -0.271 e. The molecule has 0 saturated heterocycles. The van der Waals surface area contributed by atoms with Crippen molar-refractivity contribution in [2.24, 2.45) is 5.84 Å². The highest BCUT2D eigenvalue weighted by Gasteiger charge is 2.13. The Morgan fingerprint density at radius 1 is 1.21 bits per heavy atom. The summed E-state index contributed by atoms with van der Waals surface area (Å²) in [6, 6.07) is 12.6. The van der Waals surface area contributed by atoms with Crippen molar-refractivity contribution < 1.29 is 0 Å². The first kappa shape index (κ1) is 13.7. The molecule has 0 aliphatic carbocycles. The number of rotatable bonds is 5. The molecule has 0 aliphatic heterocycles. The number of nitrogens with one attached hydrogen (secondary N) is 1. The fourth-order valence-electron chi connectivity index (χ4n) is 2.23. The maximum atomic E-state index is 5.70. The molecule has 0 spiro atoms. The van der Waals surface area contributed by atoms with Crippen molar-refractivity contribution in [3.8, 4) is 0 Å². The molecule has 0 radical (unpaired) electrons. The Balaban J connectivity index is 2.17. The lowest BCUT2D eigenvalue weighted by Gasteiger charge is -2.18. The van der Waals surface area contributed by atoms with E-state index in [2.05, 4.69) is 48.5 Å². The van der Waals surface area contributed by atoms with Crippen molar-refractivity contribution >= 4 is 0 Å². The first-order chi connectivity index (χ1) is 9.24. The molecule has 1 aromatic heterocycles. The Labute approximate surface area is 114 Å². The van der Waals surface area contributed by atoms with Gasteiger partial charge in [0.05, 0.1) is 6.04 Å². The summed E-state index contributed by atoms with van der Waals surface area (Å²) in [5.41, 5.74) is 7.69. The molecule has 3 nitrogen and oxygen atoms in total. The summed E-state index contributed by atoms with van der Waals surface area (Å²) in [5, 5.41) is 0. The zero-order chi connectivity index (χ0) is 13.7. The minimum absolute atomic E-state index is 0.0983. The van der Waals surface area contributed by atoms with Gasteiger partial charge in [-0.25, -0.2) is 0 Å². The summed E-state index contributed by atoms with van der Waals surface area (Å²) < 4.78 is 0. The minimum atomic E-state index is 0.0983. The van der Waals surface area contributed by atoms with Gasteiger partial charge < -0.3 is 0 Å². The average molecular weight is 255 g/mol. The molecule has 19 heavy (non-hydrogen) atoms. The first-order valence-corrected chi connectivity index (χ1v) is 6.70. The van der Waals surface area contributed by atoms with Gasteiger partial charge in [0.1, 0.15) is 0 Å². The van der Waals surface area contributed by atoms with Crippen molar-refractivity contribution in [3.63, 3.8) is 0 Å². The van der Waals surface area contributed by atoms with Crippen molar-refractivity contribution in [1.29, 1.82) is 0 Å². The lowest BCUT2D eigenvalue weighted by Crippen LogP contribution is -2.30. The number of hydrogen-bond acceptors (Lipinski definition) is 3. The third-order valence-corrected chi connectivity index (χ3v) is 3.47. The first-order valence-electron chi connectivity index (χ1n) is 6.70. The van der Waals surface area contributed by atoms with Gasteiger partial charge in [-0.2, -0.15) is 0 Å². The zero-order valence-electron chi connectivity index (χ0n) is 11.6. The Kier molecular flexibility index (Phi) is 4.66. The topological polar surface area (TPSA) is 50.9 Å². The van der Waals surface area contributed by atoms with Crippen LogP contribution >= 0.6 is 0 Å². The number of benzene rings is 1. The molecular weight excluding hydrogens is 234 g/mol. The molecule has 0 aliphatic rings. The fraction of sp³-hybridized carbons (Fsp3) is 0.312. The summed E-state index contributed by atoms with van der Waals surface area (Å²) in [4.78, 5) is 4.50. The van der Waals surface area contributed by atoms with Gasteiger partial charge in [-0.3, -0.25) is 16.3 Å². The molecule has 1 aromatic carbocycles. The monoisotopic (exact) mass is 255 g/mol.